The van der Waals surface area contributed by atoms with Gasteiger partial charge in [-0.1, -0.05) is 0 Å². The summed E-state index contributed by atoms with van der Waals surface area (Å²) in [6.45, 7) is 1.38. The molecule has 1 N–H and O–H groups in total. The van der Waals surface area contributed by atoms with E-state index < -0.39 is 18.0 Å². The average Bonchev–Trinajstić information content (AvgIpc) is 2.66. The van der Waals surface area contributed by atoms with Crippen LogP contribution in [0.2, 0.25) is 0 Å². The fourth-order valence-corrected chi connectivity index (χ4v) is 1.56. The summed E-state index contributed by atoms with van der Waals surface area (Å²) in [6, 6.07) is 0. The van der Waals surface area contributed by atoms with E-state index in [9.17, 15) is 14.4 Å². The average molecular weight is 257 g/mol. The Bertz CT molecular complexity index is 365. The van der Waals surface area contributed by atoms with Gasteiger partial charge in [-0.15, -0.1) is 0 Å². The molecule has 0 saturated carbocycles. The number of hydrogen-bond acceptors (Lipinski definition) is 5. The van der Waals surface area contributed by atoms with E-state index >= 15 is 0 Å². The Kier molecular flexibility index (Phi) is 5.31. The van der Waals surface area contributed by atoms with Crippen LogP contribution in [-0.4, -0.2) is 60.8 Å². The number of carbonyl (C=O) groups is 3. The Balaban J connectivity index is 2.42. The van der Waals surface area contributed by atoms with E-state index in [1.165, 1.54) is 7.11 Å². The highest BCUT2D eigenvalue weighted by atomic mass is 16.5. The highest BCUT2D eigenvalue weighted by molar-refractivity contribution is 5.93. The molecule has 0 aromatic carbocycles. The summed E-state index contributed by atoms with van der Waals surface area (Å²) in [5.74, 6) is -2.35. The number of carboxylic acids is 1. The van der Waals surface area contributed by atoms with Gasteiger partial charge in [0.05, 0.1) is 6.61 Å². The minimum absolute atomic E-state index is 0.274. The van der Waals surface area contributed by atoms with Crippen LogP contribution in [0.1, 0.15) is 6.42 Å². The number of amides is 1. The largest absolute Gasteiger partial charge is 0.478 e. The third-order valence-electron chi connectivity index (χ3n) is 2.43. The zero-order valence-electron chi connectivity index (χ0n) is 10.00. The Morgan fingerprint density at radius 3 is 2.83 bits per heavy atom. The lowest BCUT2D eigenvalue weighted by atomic mass is 10.3. The maximum absolute atomic E-state index is 11.7. The standard InChI is InChI=1S/C11H15NO6/c1-17-7-6-12-5-4-8(11(12)16)18-10(15)3-2-9(13)14/h2-3,8H,4-7H2,1H3,(H,13,14)/b3-2+. The van der Waals surface area contributed by atoms with Gasteiger partial charge in [-0.3, -0.25) is 4.79 Å². The minimum atomic E-state index is -1.24. The van der Waals surface area contributed by atoms with Gasteiger partial charge in [0.2, 0.25) is 0 Å². The van der Waals surface area contributed by atoms with Crippen molar-refractivity contribution in [3.63, 3.8) is 0 Å². The van der Waals surface area contributed by atoms with Gasteiger partial charge >= 0.3 is 11.9 Å². The zero-order chi connectivity index (χ0) is 13.5. The molecule has 1 heterocycles. The molecular formula is C11H15NO6. The van der Waals surface area contributed by atoms with Crippen LogP contribution in [0.25, 0.3) is 0 Å². The summed E-state index contributed by atoms with van der Waals surface area (Å²) >= 11 is 0. The van der Waals surface area contributed by atoms with Crippen LogP contribution in [0.3, 0.4) is 0 Å². The normalized spacial score (nSPS) is 19.5. The fourth-order valence-electron chi connectivity index (χ4n) is 1.56. The highest BCUT2D eigenvalue weighted by Gasteiger charge is 2.33. The van der Waals surface area contributed by atoms with Gasteiger partial charge in [-0.25, -0.2) is 9.59 Å². The molecule has 1 fully saturated rings. The first-order valence-corrected chi connectivity index (χ1v) is 5.44. The lowest BCUT2D eigenvalue weighted by Gasteiger charge is -2.15. The summed E-state index contributed by atoms with van der Waals surface area (Å²) < 4.78 is 9.72. The van der Waals surface area contributed by atoms with Crippen molar-refractivity contribution >= 4 is 17.8 Å². The van der Waals surface area contributed by atoms with Crippen LogP contribution in [0, 0.1) is 0 Å². The molecular weight excluding hydrogens is 242 g/mol. The molecule has 0 radical (unpaired) electrons. The Morgan fingerprint density at radius 1 is 1.50 bits per heavy atom. The van der Waals surface area contributed by atoms with Crippen molar-refractivity contribution in [1.29, 1.82) is 0 Å². The maximum Gasteiger partial charge on any atom is 0.331 e. The predicted octanol–water partition coefficient (Wildman–Crippen LogP) is -0.582. The van der Waals surface area contributed by atoms with Crippen molar-refractivity contribution in [3.05, 3.63) is 12.2 Å². The molecule has 7 heteroatoms. The summed E-state index contributed by atoms with van der Waals surface area (Å²) in [5, 5.41) is 8.33. The molecule has 7 nitrogen and oxygen atoms in total. The van der Waals surface area contributed by atoms with Crippen molar-refractivity contribution in [2.45, 2.75) is 12.5 Å². The quantitative estimate of drug-likeness (QED) is 0.505. The van der Waals surface area contributed by atoms with Crippen LogP contribution in [0.4, 0.5) is 0 Å². The van der Waals surface area contributed by atoms with Crippen LogP contribution in [0.5, 0.6) is 0 Å². The monoisotopic (exact) mass is 257 g/mol. The lowest BCUT2D eigenvalue weighted by Crippen LogP contribution is -2.33. The van der Waals surface area contributed by atoms with Crippen LogP contribution in [-0.2, 0) is 23.9 Å². The van der Waals surface area contributed by atoms with Gasteiger partial charge < -0.3 is 19.5 Å². The molecule has 1 unspecified atom stereocenters. The van der Waals surface area contributed by atoms with E-state index in [1.54, 1.807) is 4.90 Å². The van der Waals surface area contributed by atoms with E-state index in [2.05, 4.69) is 0 Å². The maximum atomic E-state index is 11.7. The number of nitrogens with zero attached hydrogens (tertiary/aromatic N) is 1. The fraction of sp³-hybridized carbons (Fsp3) is 0.545. The second-order valence-electron chi connectivity index (χ2n) is 3.70. The molecule has 0 aromatic rings. The number of ether oxygens (including phenoxy) is 2. The first-order valence-electron chi connectivity index (χ1n) is 5.44. The van der Waals surface area contributed by atoms with Crippen molar-refractivity contribution in [2.75, 3.05) is 26.8 Å². The topological polar surface area (TPSA) is 93.1 Å². The highest BCUT2D eigenvalue weighted by Crippen LogP contribution is 2.14. The van der Waals surface area contributed by atoms with Gasteiger partial charge in [0.1, 0.15) is 0 Å². The summed E-state index contributed by atoms with van der Waals surface area (Å²) in [5.41, 5.74) is 0. The number of methoxy groups -OCH3 is 1. The summed E-state index contributed by atoms with van der Waals surface area (Å²) in [6.07, 6.45) is 1.04. The molecule has 0 bridgehead atoms. The third kappa shape index (κ3) is 4.17. The second kappa shape index (κ2) is 6.75. The van der Waals surface area contributed by atoms with Gasteiger partial charge in [0, 0.05) is 38.8 Å². The number of rotatable bonds is 6. The molecule has 100 valence electrons. The van der Waals surface area contributed by atoms with Gasteiger partial charge in [-0.2, -0.15) is 0 Å². The molecule has 0 aliphatic carbocycles. The Morgan fingerprint density at radius 2 is 2.22 bits per heavy atom. The Hall–Kier alpha value is -1.89. The molecule has 1 rings (SSSR count). The van der Waals surface area contributed by atoms with E-state index in [4.69, 9.17) is 14.6 Å². The van der Waals surface area contributed by atoms with Crippen molar-refractivity contribution in [1.82, 2.24) is 4.90 Å². The Labute approximate surface area is 104 Å². The SMILES string of the molecule is COCCN1CCC(OC(=O)/C=C/C(=O)O)C1=O. The zero-order valence-corrected chi connectivity index (χ0v) is 10.00. The van der Waals surface area contributed by atoms with E-state index in [0.717, 1.165) is 6.08 Å². The van der Waals surface area contributed by atoms with E-state index in [0.29, 0.717) is 32.2 Å². The van der Waals surface area contributed by atoms with Crippen LogP contribution in [0.15, 0.2) is 12.2 Å². The lowest BCUT2D eigenvalue weighted by molar-refractivity contribution is -0.152. The van der Waals surface area contributed by atoms with Crippen molar-refractivity contribution in [3.8, 4) is 0 Å². The number of aliphatic carboxylic acids is 1. The smallest absolute Gasteiger partial charge is 0.331 e. The molecule has 0 aromatic heterocycles. The molecule has 18 heavy (non-hydrogen) atoms. The number of hydrogen-bond donors (Lipinski definition) is 1. The van der Waals surface area contributed by atoms with Gasteiger partial charge in [0.25, 0.3) is 5.91 Å². The molecule has 0 spiro atoms. The van der Waals surface area contributed by atoms with Crippen LogP contribution < -0.4 is 0 Å². The molecule has 1 aliphatic rings. The number of likely N-dealkylation sites (tertiary alicyclic amines) is 1. The number of esters is 1. The first-order chi connectivity index (χ1) is 8.54. The molecule has 1 amide bonds. The summed E-state index contributed by atoms with van der Waals surface area (Å²) in [7, 11) is 1.54. The minimum Gasteiger partial charge on any atom is -0.478 e. The van der Waals surface area contributed by atoms with E-state index in [-0.39, 0.29) is 5.91 Å². The van der Waals surface area contributed by atoms with Gasteiger partial charge in [0.15, 0.2) is 6.10 Å². The molecule has 1 atom stereocenters. The number of carbonyl (C=O) groups excluding carboxylic acids is 2. The first kappa shape index (κ1) is 14.2. The number of carboxylic acid groups (broad SMARTS) is 1. The van der Waals surface area contributed by atoms with Gasteiger partial charge in [-0.05, 0) is 0 Å². The molecule has 1 aliphatic heterocycles. The predicted molar refractivity (Wildman–Crippen MR) is 59.7 cm³/mol. The van der Waals surface area contributed by atoms with E-state index in [1.807, 2.05) is 0 Å². The molecule has 1 saturated heterocycles. The third-order valence-corrected chi connectivity index (χ3v) is 2.43. The van der Waals surface area contributed by atoms with Crippen molar-refractivity contribution in [2.24, 2.45) is 0 Å². The van der Waals surface area contributed by atoms with Crippen molar-refractivity contribution < 1.29 is 29.0 Å². The summed E-state index contributed by atoms with van der Waals surface area (Å²) in [4.78, 5) is 34.7. The van der Waals surface area contributed by atoms with Crippen LogP contribution >= 0.6 is 0 Å². The second-order valence-corrected chi connectivity index (χ2v) is 3.70.